The van der Waals surface area contributed by atoms with Gasteiger partial charge < -0.3 is 40.7 Å². The van der Waals surface area contributed by atoms with E-state index in [1.54, 1.807) is 50.2 Å². The first-order valence-electron chi connectivity index (χ1n) is 25.1. The molecule has 5 N–H and O–H groups in total. The lowest BCUT2D eigenvalue weighted by Crippen LogP contribution is -2.63. The van der Waals surface area contributed by atoms with Crippen LogP contribution in [-0.4, -0.2) is 124 Å². The number of carbonyl (C=O) groups is 8. The van der Waals surface area contributed by atoms with E-state index in [2.05, 4.69) is 41.6 Å². The number of nitrogens with zero attached hydrogens (tertiary/aromatic N) is 3. The standard InChI is InChI=1S/C22H24N2O5S.C17H20N2O4S.C11H5F5O2.C6H15N/c1-4-5-11-16(26)23-17(13-9-7-6-8-10-13)15(25)12-14-19(27)24-18(21(28)29)22(2,3)30-20(14)24;1-17(2)13(16(22)23)19-14(21)10(15(19)24-17)8-11(20)12(18)9-6-4-3-5-7-9;1-2-3-4-5(17)18-11-9(15)7(13)6(12)8(14)10(11)16;1-4-7(5-2)6-3/h1,6-10,14,17-18,20H,5,11-12H2,2-3H3,(H,23,26)(H,28,29);3-7,10,12-13,15H,8,18H2,1-2H3,(H,22,23);1H,3-4H2;4-6H2,1-3H3/t14-,17-,18+,20-;10-,12-,13+,15-;;/m11../s1. The van der Waals surface area contributed by atoms with Gasteiger partial charge in [0.2, 0.25) is 52.6 Å². The molecule has 0 radical (unpaired) electrons. The molecule has 0 bridgehead atoms. The Balaban J connectivity index is 0.000000247. The Morgan fingerprint density at radius 1 is 0.671 bits per heavy atom. The first-order chi connectivity index (χ1) is 37.1. The zero-order valence-corrected chi connectivity index (χ0v) is 46.2. The topological polar surface area (TPSA) is 234 Å². The number of thioether (sulfide) groups is 2. The number of carbonyl (C=O) groups excluding carboxylic acids is 6. The number of aliphatic carboxylic acids is 2. The number of fused-ring (bicyclic) bond motifs is 2. The maximum atomic E-state index is 13.1. The number of halogens is 5. The number of Topliss-reactive ketones (excluding diaryl/α,β-unsaturated/α-hetero) is 2. The lowest BCUT2D eigenvalue weighted by Gasteiger charge is -2.43. The van der Waals surface area contributed by atoms with E-state index in [9.17, 15) is 70.5 Å². The Morgan fingerprint density at radius 2 is 1.06 bits per heavy atom. The zero-order chi connectivity index (χ0) is 59.3. The quantitative estimate of drug-likeness (QED) is 0.0174. The number of nitrogens with one attached hydrogen (secondary N) is 1. The number of benzene rings is 3. The van der Waals surface area contributed by atoms with Crippen molar-refractivity contribution in [1.82, 2.24) is 20.0 Å². The minimum Gasteiger partial charge on any atom is -0.480 e. The highest BCUT2D eigenvalue weighted by Gasteiger charge is 2.65. The number of ether oxygens (including phenoxy) is 1. The zero-order valence-electron chi connectivity index (χ0n) is 44.6. The van der Waals surface area contributed by atoms with Crippen LogP contribution < -0.4 is 15.8 Å². The number of hydrogen-bond donors (Lipinski definition) is 4. The number of carboxylic acid groups (broad SMARTS) is 2. The fourth-order valence-electron chi connectivity index (χ4n) is 9.18. The van der Waals surface area contributed by atoms with Crippen molar-refractivity contribution in [2.24, 2.45) is 17.6 Å². The van der Waals surface area contributed by atoms with Crippen LogP contribution in [0.5, 0.6) is 5.75 Å². The van der Waals surface area contributed by atoms with Gasteiger partial charge in [-0.15, -0.1) is 48.2 Å². The van der Waals surface area contributed by atoms with E-state index in [-0.39, 0.29) is 72.1 Å². The molecule has 4 heterocycles. The van der Waals surface area contributed by atoms with Crippen LogP contribution in [0.3, 0.4) is 0 Å². The maximum absolute atomic E-state index is 13.1. The highest BCUT2D eigenvalue weighted by atomic mass is 32.2. The van der Waals surface area contributed by atoms with Crippen LogP contribution in [0.25, 0.3) is 0 Å². The molecule has 0 aromatic heterocycles. The summed E-state index contributed by atoms with van der Waals surface area (Å²) < 4.78 is 67.0. The summed E-state index contributed by atoms with van der Waals surface area (Å²) in [5.74, 6) is -14.0. The third-order valence-corrected chi connectivity index (χ3v) is 16.6. The molecule has 4 aliphatic rings. The molecule has 0 saturated carbocycles. The number of β-lactam (4-membered cyclic amide) rings is 2. The van der Waals surface area contributed by atoms with Crippen molar-refractivity contribution in [2.75, 3.05) is 19.6 Å². The summed E-state index contributed by atoms with van der Waals surface area (Å²) in [5, 5.41) is 21.0. The van der Waals surface area contributed by atoms with E-state index in [1.165, 1.54) is 53.0 Å². The van der Waals surface area contributed by atoms with Gasteiger partial charge in [0.15, 0.2) is 11.6 Å². The average molecular weight is 1140 g/mol. The largest absolute Gasteiger partial charge is 0.480 e. The van der Waals surface area contributed by atoms with E-state index in [0.717, 1.165) is 0 Å². The second-order valence-electron chi connectivity index (χ2n) is 19.5. The van der Waals surface area contributed by atoms with Crippen molar-refractivity contribution in [3.63, 3.8) is 0 Å². The number of ketones is 2. The monoisotopic (exact) mass is 1140 g/mol. The van der Waals surface area contributed by atoms with Crippen LogP contribution in [0.1, 0.15) is 110 Å². The molecule has 3 aromatic rings. The number of esters is 1. The lowest BCUT2D eigenvalue weighted by molar-refractivity contribution is -0.164. The minimum absolute atomic E-state index is 0.0471. The second kappa shape index (κ2) is 28.4. The first-order valence-corrected chi connectivity index (χ1v) is 26.9. The third-order valence-electron chi connectivity index (χ3n) is 13.4. The first kappa shape index (κ1) is 64.7. The Bertz CT molecular complexity index is 2790. The van der Waals surface area contributed by atoms with Crippen molar-refractivity contribution in [3.8, 4) is 30.4 Å². The highest BCUT2D eigenvalue weighted by Crippen LogP contribution is 2.55. The van der Waals surface area contributed by atoms with E-state index >= 15 is 0 Å². The molecule has 426 valence electrons. The molecule has 8 atom stereocenters. The van der Waals surface area contributed by atoms with Gasteiger partial charge in [0.05, 0.1) is 35.0 Å². The molecule has 23 heteroatoms. The van der Waals surface area contributed by atoms with Gasteiger partial charge in [0, 0.05) is 41.6 Å². The van der Waals surface area contributed by atoms with Crippen molar-refractivity contribution >= 4 is 70.7 Å². The number of hydrogen-bond acceptors (Lipinski definition) is 13. The van der Waals surface area contributed by atoms with Gasteiger partial charge in [0.25, 0.3) is 0 Å². The fourth-order valence-corrected chi connectivity index (χ4v) is 12.5. The Hall–Kier alpha value is -6.79. The summed E-state index contributed by atoms with van der Waals surface area (Å²) in [7, 11) is 0. The van der Waals surface area contributed by atoms with Gasteiger partial charge in [-0.3, -0.25) is 28.8 Å². The van der Waals surface area contributed by atoms with Crippen LogP contribution in [0, 0.1) is 65.6 Å². The number of amides is 3. The summed E-state index contributed by atoms with van der Waals surface area (Å²) in [6.07, 6.45) is 9.89. The number of rotatable bonds is 19. The molecule has 79 heavy (non-hydrogen) atoms. The van der Waals surface area contributed by atoms with Crippen LogP contribution in [0.15, 0.2) is 60.7 Å². The maximum Gasteiger partial charge on any atom is 0.327 e. The van der Waals surface area contributed by atoms with E-state index in [1.807, 2.05) is 44.0 Å². The van der Waals surface area contributed by atoms with Crippen molar-refractivity contribution in [3.05, 3.63) is 101 Å². The Kier molecular flexibility index (Phi) is 23.3. The van der Waals surface area contributed by atoms with Crippen molar-refractivity contribution in [2.45, 2.75) is 131 Å². The molecular formula is C56H64F5N5O11S2. The molecule has 0 unspecified atom stereocenters. The normalized spacial score (nSPS) is 21.4. The second-order valence-corrected chi connectivity index (χ2v) is 23.0. The molecular weight excluding hydrogens is 1080 g/mol. The predicted molar refractivity (Wildman–Crippen MR) is 286 cm³/mol. The number of terminal acetylenes is 2. The summed E-state index contributed by atoms with van der Waals surface area (Å²) in [4.78, 5) is 102. The highest BCUT2D eigenvalue weighted by molar-refractivity contribution is 8.02. The molecule has 4 fully saturated rings. The molecule has 0 aliphatic carbocycles. The summed E-state index contributed by atoms with van der Waals surface area (Å²) in [5.41, 5.74) is 7.35. The number of nitrogens with two attached hydrogens (primary N) is 1. The van der Waals surface area contributed by atoms with Gasteiger partial charge in [-0.2, -0.15) is 8.78 Å². The molecule has 7 rings (SSSR count). The van der Waals surface area contributed by atoms with Crippen LogP contribution in [-0.2, 0) is 38.4 Å². The van der Waals surface area contributed by atoms with Gasteiger partial charge in [-0.25, -0.2) is 22.8 Å². The van der Waals surface area contributed by atoms with Crippen molar-refractivity contribution in [1.29, 1.82) is 0 Å². The van der Waals surface area contributed by atoms with E-state index in [4.69, 9.17) is 18.6 Å². The van der Waals surface area contributed by atoms with Crippen LogP contribution in [0.2, 0.25) is 0 Å². The van der Waals surface area contributed by atoms with Gasteiger partial charge in [0.1, 0.15) is 18.1 Å². The van der Waals surface area contributed by atoms with Gasteiger partial charge in [-0.1, -0.05) is 81.4 Å². The van der Waals surface area contributed by atoms with Crippen LogP contribution in [0.4, 0.5) is 22.0 Å². The minimum atomic E-state index is -2.33. The SMILES string of the molecule is C#CCCC(=O)N[C@@H](C(=O)C[C@@H]1C(=O)N2[C@@H]1SC(C)(C)[C@@H]2C(=O)O)c1ccccc1.C#CCCC(=O)Oc1c(F)c(F)c(F)c(F)c1F.CC1(C)S[C@@H]2[C@H](CC(=O)[C@H](N)c3ccccc3)C(=O)N2[C@H]1C(=O)O.CCN(CC)CC. The van der Waals surface area contributed by atoms with Gasteiger partial charge in [-0.05, 0) is 58.5 Å². The van der Waals surface area contributed by atoms with Crippen LogP contribution >= 0.6 is 23.5 Å². The van der Waals surface area contributed by atoms with Crippen molar-refractivity contribution < 1.29 is 75.3 Å². The predicted octanol–water partition coefficient (Wildman–Crippen LogP) is 7.44. The lowest BCUT2D eigenvalue weighted by atomic mass is 9.86. The Morgan fingerprint density at radius 3 is 1.46 bits per heavy atom. The van der Waals surface area contributed by atoms with E-state index in [0.29, 0.717) is 11.1 Å². The fraction of sp³-hybridized carbons (Fsp3) is 0.464. The third kappa shape index (κ3) is 15.3. The molecule has 3 aromatic carbocycles. The Labute approximate surface area is 464 Å². The summed E-state index contributed by atoms with van der Waals surface area (Å²) in [6.45, 7) is 17.3. The molecule has 0 spiro atoms. The molecule has 4 aliphatic heterocycles. The smallest absolute Gasteiger partial charge is 0.327 e. The molecule has 4 saturated heterocycles. The number of carboxylic acids is 2. The summed E-state index contributed by atoms with van der Waals surface area (Å²) >= 11 is 2.85. The molecule has 16 nitrogen and oxygen atoms in total. The summed E-state index contributed by atoms with van der Waals surface area (Å²) in [6, 6.07) is 14.5. The van der Waals surface area contributed by atoms with Gasteiger partial charge >= 0.3 is 17.9 Å². The van der Waals surface area contributed by atoms with E-state index < -0.39 is 105 Å². The average Bonchev–Trinajstić information content (AvgIpc) is 4.04. The molecule has 3 amide bonds.